The summed E-state index contributed by atoms with van der Waals surface area (Å²) in [5.74, 6) is 0.484. The topological polar surface area (TPSA) is 116 Å². The third-order valence-corrected chi connectivity index (χ3v) is 6.45. The first-order valence-corrected chi connectivity index (χ1v) is 10.6. The number of aliphatic hydroxyl groups excluding tert-OH is 1. The largest absolute Gasteiger partial charge is 0.493 e. The van der Waals surface area contributed by atoms with Crippen molar-refractivity contribution in [1.82, 2.24) is 0 Å². The number of ether oxygens (including phenoxy) is 5. The molecule has 1 unspecified atom stereocenters. The van der Waals surface area contributed by atoms with E-state index in [1.165, 1.54) is 14.2 Å². The summed E-state index contributed by atoms with van der Waals surface area (Å²) in [6, 6.07) is 7.15. The highest BCUT2D eigenvalue weighted by Crippen LogP contribution is 2.55. The van der Waals surface area contributed by atoms with E-state index in [1.54, 1.807) is 18.2 Å². The molecule has 2 aromatic rings. The Morgan fingerprint density at radius 2 is 1.68 bits per heavy atom. The second-order valence-corrected chi connectivity index (χ2v) is 7.94. The lowest BCUT2D eigenvalue weighted by Gasteiger charge is -2.37. The molecular weight excluding hydrogens is 427 g/mol. The second kappa shape index (κ2) is 7.75. The molecule has 0 radical (unpaired) electrons. The molecule has 10 heteroatoms. The molecule has 3 aliphatic rings. The SMILES string of the molecule is COc1cc([C@@H]2c3cc4c(cc3[C@@H](O)[C@H]3COC(=O)[C@H]23)OCO4)cc(OC)c1OP[OH2+]. The van der Waals surface area contributed by atoms with E-state index < -0.39 is 32.9 Å². The Hall–Kier alpha value is -2.74. The lowest BCUT2D eigenvalue weighted by Crippen LogP contribution is -2.34. The van der Waals surface area contributed by atoms with Crippen molar-refractivity contribution >= 4 is 15.0 Å². The molecule has 2 heterocycles. The van der Waals surface area contributed by atoms with Crippen molar-refractivity contribution in [2.24, 2.45) is 11.8 Å². The van der Waals surface area contributed by atoms with Gasteiger partial charge in [0.15, 0.2) is 23.0 Å². The number of carbonyl (C=O) groups excluding carboxylic acids is 1. The number of esters is 1. The quantitative estimate of drug-likeness (QED) is 0.419. The maximum atomic E-state index is 12.8. The summed E-state index contributed by atoms with van der Waals surface area (Å²) < 4.78 is 32.8. The van der Waals surface area contributed by atoms with E-state index in [4.69, 9.17) is 33.1 Å². The van der Waals surface area contributed by atoms with Crippen LogP contribution in [0.4, 0.5) is 0 Å². The van der Waals surface area contributed by atoms with Gasteiger partial charge in [0.2, 0.25) is 12.5 Å². The van der Waals surface area contributed by atoms with Crippen LogP contribution in [0.25, 0.3) is 0 Å². The predicted molar refractivity (Wildman–Crippen MR) is 109 cm³/mol. The predicted octanol–water partition coefficient (Wildman–Crippen LogP) is 2.01. The molecule has 0 aromatic heterocycles. The van der Waals surface area contributed by atoms with E-state index in [2.05, 4.69) is 0 Å². The molecule has 1 saturated heterocycles. The van der Waals surface area contributed by atoms with Crippen LogP contribution in [0.2, 0.25) is 0 Å². The first-order chi connectivity index (χ1) is 15.1. The Kier molecular flexibility index (Phi) is 5.04. The summed E-state index contributed by atoms with van der Waals surface area (Å²) >= 11 is 0. The van der Waals surface area contributed by atoms with Gasteiger partial charge in [0.05, 0.1) is 32.8 Å². The van der Waals surface area contributed by atoms with Gasteiger partial charge in [-0.15, -0.1) is 0 Å². The zero-order valence-electron chi connectivity index (χ0n) is 16.8. The highest BCUT2D eigenvalue weighted by Gasteiger charge is 2.52. The minimum atomic E-state index is -0.867. The molecule has 31 heavy (non-hydrogen) atoms. The van der Waals surface area contributed by atoms with Gasteiger partial charge in [-0.3, -0.25) is 4.79 Å². The highest BCUT2D eigenvalue weighted by molar-refractivity contribution is 7.25. The second-order valence-electron chi connectivity index (χ2n) is 7.54. The van der Waals surface area contributed by atoms with Crippen molar-refractivity contribution in [2.75, 3.05) is 27.6 Å². The van der Waals surface area contributed by atoms with E-state index in [0.717, 1.165) is 11.1 Å². The van der Waals surface area contributed by atoms with Crippen LogP contribution in [0.15, 0.2) is 24.3 Å². The van der Waals surface area contributed by atoms with Gasteiger partial charge in [0.1, 0.15) is 0 Å². The minimum Gasteiger partial charge on any atom is -0.493 e. The van der Waals surface area contributed by atoms with Crippen LogP contribution in [0.3, 0.4) is 0 Å². The summed E-state index contributed by atoms with van der Waals surface area (Å²) in [6.07, 6.45) is -0.867. The van der Waals surface area contributed by atoms with Crippen molar-refractivity contribution in [3.8, 4) is 28.7 Å². The maximum Gasteiger partial charge on any atom is 0.405 e. The number of methoxy groups -OCH3 is 2. The van der Waals surface area contributed by atoms with Crippen LogP contribution in [-0.4, -0.2) is 43.6 Å². The van der Waals surface area contributed by atoms with Gasteiger partial charge in [0, 0.05) is 11.8 Å². The number of benzene rings is 2. The van der Waals surface area contributed by atoms with E-state index in [-0.39, 0.29) is 19.4 Å². The van der Waals surface area contributed by atoms with Crippen LogP contribution in [0.1, 0.15) is 28.7 Å². The summed E-state index contributed by atoms with van der Waals surface area (Å²) in [7, 11) is 2.46. The van der Waals surface area contributed by atoms with E-state index in [9.17, 15) is 9.90 Å². The van der Waals surface area contributed by atoms with Crippen LogP contribution in [0, 0.1) is 11.8 Å². The summed E-state index contributed by atoms with van der Waals surface area (Å²) in [6.45, 7) is 0.250. The zero-order chi connectivity index (χ0) is 21.7. The third kappa shape index (κ3) is 3.07. The Morgan fingerprint density at radius 3 is 2.29 bits per heavy atom. The van der Waals surface area contributed by atoms with Gasteiger partial charge >= 0.3 is 15.0 Å². The third-order valence-electron chi connectivity index (χ3n) is 6.14. The van der Waals surface area contributed by atoms with Gasteiger partial charge in [-0.25, -0.2) is 0 Å². The van der Waals surface area contributed by atoms with Gasteiger partial charge in [-0.1, -0.05) is 0 Å². The van der Waals surface area contributed by atoms with Crippen molar-refractivity contribution in [2.45, 2.75) is 12.0 Å². The van der Waals surface area contributed by atoms with Crippen molar-refractivity contribution < 1.29 is 43.0 Å². The summed E-state index contributed by atoms with van der Waals surface area (Å²) in [5.41, 5.74) is 2.19. The van der Waals surface area contributed by atoms with Gasteiger partial charge in [-0.2, -0.15) is 0 Å². The standard InChI is InChI=1S/C21H21O9P/c1-25-15-3-9(4-16(26-2)20(15)30-31-24)17-10-5-13-14(29-8-28-13)6-11(10)19(22)12-7-27-21(23)18(12)17/h3-6,12,17-19,22,24,31H,7-8H2,1-2H3/p+1/t12-,17+,18-,19+/m0/s1. The molecule has 0 spiro atoms. The molecule has 1 aliphatic carbocycles. The Morgan fingerprint density at radius 1 is 1.03 bits per heavy atom. The van der Waals surface area contributed by atoms with Crippen LogP contribution in [-0.2, 0) is 9.53 Å². The van der Waals surface area contributed by atoms with Crippen molar-refractivity contribution in [3.05, 3.63) is 41.0 Å². The molecular formula is C21H22O9P+. The number of aliphatic hydroxyl groups is 1. The van der Waals surface area contributed by atoms with Gasteiger partial charge in [0.25, 0.3) is 0 Å². The lowest BCUT2D eigenvalue weighted by atomic mass is 9.66. The Labute approximate surface area is 179 Å². The van der Waals surface area contributed by atoms with Gasteiger partial charge < -0.3 is 38.2 Å². The average Bonchev–Trinajstić information content (AvgIpc) is 3.40. The summed E-state index contributed by atoms with van der Waals surface area (Å²) in [5, 5.41) is 11.0. The number of rotatable bonds is 5. The van der Waals surface area contributed by atoms with Crippen molar-refractivity contribution in [1.29, 1.82) is 0 Å². The highest BCUT2D eigenvalue weighted by atomic mass is 31.1. The van der Waals surface area contributed by atoms with E-state index in [0.29, 0.717) is 34.3 Å². The fourth-order valence-corrected chi connectivity index (χ4v) is 5.07. The molecule has 2 aliphatic heterocycles. The van der Waals surface area contributed by atoms with Gasteiger partial charge in [-0.05, 0) is 41.0 Å². The Balaban J connectivity index is 1.72. The van der Waals surface area contributed by atoms with Crippen LogP contribution in [0.5, 0.6) is 28.7 Å². The smallest absolute Gasteiger partial charge is 0.405 e. The molecule has 0 bridgehead atoms. The molecule has 164 valence electrons. The summed E-state index contributed by atoms with van der Waals surface area (Å²) in [4.78, 5) is 20.2. The van der Waals surface area contributed by atoms with E-state index >= 15 is 0 Å². The molecule has 1 fully saturated rings. The maximum absolute atomic E-state index is 12.8. The molecule has 5 rings (SSSR count). The average molecular weight is 449 g/mol. The fourth-order valence-electron chi connectivity index (χ4n) is 4.77. The van der Waals surface area contributed by atoms with Crippen molar-refractivity contribution in [3.63, 3.8) is 0 Å². The molecule has 0 amide bonds. The zero-order valence-corrected chi connectivity index (χ0v) is 17.8. The number of carbonyl (C=O) groups is 1. The number of cyclic esters (lactones) is 1. The number of hydrogen-bond donors (Lipinski definition) is 1. The molecule has 2 aromatic carbocycles. The molecule has 5 atom stereocenters. The first kappa shape index (κ1) is 20.2. The molecule has 9 nitrogen and oxygen atoms in total. The fraction of sp³-hybridized carbons (Fsp3) is 0.381. The molecule has 0 saturated carbocycles. The number of hydrogen-bond acceptors (Lipinski definition) is 8. The molecule has 3 N–H and O–H groups in total. The van der Waals surface area contributed by atoms with Crippen LogP contribution < -0.4 is 23.5 Å². The normalized spacial score (nSPS) is 25.9. The lowest BCUT2D eigenvalue weighted by molar-refractivity contribution is -0.141. The Bertz CT molecular complexity index is 1010. The minimum absolute atomic E-state index is 0.107. The number of fused-ring (bicyclic) bond motifs is 3. The monoisotopic (exact) mass is 449 g/mol. The first-order valence-electron chi connectivity index (χ1n) is 9.70. The van der Waals surface area contributed by atoms with Crippen LogP contribution >= 0.6 is 9.03 Å². The van der Waals surface area contributed by atoms with E-state index in [1.807, 2.05) is 6.07 Å².